The minimum Gasteiger partial charge on any atom is -0.0654 e. The smallest absolute Gasteiger partial charge is 0.0162 e. The zero-order valence-corrected chi connectivity index (χ0v) is 21.2. The van der Waals surface area contributed by atoms with Crippen LogP contribution >= 0.6 is 0 Å². The van der Waals surface area contributed by atoms with Crippen molar-refractivity contribution in [3.63, 3.8) is 0 Å². The van der Waals surface area contributed by atoms with Crippen LogP contribution in [0.25, 0.3) is 0 Å². The number of unbranched alkanes of at least 4 members (excludes halogenated alkanes) is 3. The summed E-state index contributed by atoms with van der Waals surface area (Å²) in [6.07, 6.45) is 24.5. The maximum absolute atomic E-state index is 2.50. The Morgan fingerprint density at radius 3 is 1.65 bits per heavy atom. The summed E-state index contributed by atoms with van der Waals surface area (Å²) in [5.74, 6) is 4.68. The van der Waals surface area contributed by atoms with Crippen LogP contribution in [0.3, 0.4) is 0 Å². The zero-order valence-electron chi connectivity index (χ0n) is 21.2. The first-order valence-corrected chi connectivity index (χ1v) is 14.3. The molecule has 3 rings (SSSR count). The molecule has 0 aliphatic heterocycles. The summed E-state index contributed by atoms with van der Waals surface area (Å²) in [6, 6.07) is 10.0. The molecule has 0 spiro atoms. The predicted molar refractivity (Wildman–Crippen MR) is 138 cm³/mol. The van der Waals surface area contributed by atoms with Gasteiger partial charge in [0.15, 0.2) is 0 Å². The van der Waals surface area contributed by atoms with E-state index in [2.05, 4.69) is 45.0 Å². The van der Waals surface area contributed by atoms with Gasteiger partial charge in [0.2, 0.25) is 0 Å². The van der Waals surface area contributed by atoms with E-state index < -0.39 is 0 Å². The van der Waals surface area contributed by atoms with E-state index in [0.29, 0.717) is 0 Å². The minimum atomic E-state index is 0.829. The summed E-state index contributed by atoms with van der Waals surface area (Å²) in [5, 5.41) is 0. The van der Waals surface area contributed by atoms with Gasteiger partial charge in [0.25, 0.3) is 0 Å². The Bertz CT molecular complexity index is 569. The maximum Gasteiger partial charge on any atom is -0.0162 e. The monoisotopic (exact) mass is 424 g/mol. The fraction of sp³-hybridized carbons (Fsp3) is 0.806. The van der Waals surface area contributed by atoms with Gasteiger partial charge in [-0.1, -0.05) is 96.4 Å². The third kappa shape index (κ3) is 7.94. The lowest BCUT2D eigenvalue weighted by Crippen LogP contribution is -2.17. The first-order chi connectivity index (χ1) is 15.2. The highest BCUT2D eigenvalue weighted by molar-refractivity contribution is 5.28. The topological polar surface area (TPSA) is 0 Å². The molecule has 2 aliphatic carbocycles. The molecule has 0 amide bonds. The molecule has 0 nitrogen and oxygen atoms in total. The molecule has 2 fully saturated rings. The second kappa shape index (κ2) is 13.7. The second-order valence-electron chi connectivity index (χ2n) is 11.2. The largest absolute Gasteiger partial charge is 0.0654 e. The second-order valence-corrected chi connectivity index (χ2v) is 11.2. The average molecular weight is 425 g/mol. The Morgan fingerprint density at radius 2 is 1.16 bits per heavy atom. The molecule has 0 saturated heterocycles. The molecule has 0 bridgehead atoms. The van der Waals surface area contributed by atoms with Crippen LogP contribution in [0, 0.1) is 17.8 Å². The maximum atomic E-state index is 2.50. The fourth-order valence-electron chi connectivity index (χ4n) is 6.69. The Balaban J connectivity index is 1.41. The van der Waals surface area contributed by atoms with E-state index in [9.17, 15) is 0 Å². The summed E-state index contributed by atoms with van der Waals surface area (Å²) >= 11 is 0. The summed E-state index contributed by atoms with van der Waals surface area (Å²) < 4.78 is 0. The molecule has 176 valence electrons. The van der Waals surface area contributed by atoms with Crippen molar-refractivity contribution in [2.45, 2.75) is 142 Å². The molecule has 31 heavy (non-hydrogen) atoms. The zero-order chi connectivity index (χ0) is 21.9. The molecule has 1 aromatic rings. The van der Waals surface area contributed by atoms with Gasteiger partial charge in [0.05, 0.1) is 0 Å². The Hall–Kier alpha value is -0.780. The highest BCUT2D eigenvalue weighted by atomic mass is 14.3. The molecule has 0 radical (unpaired) electrons. The average Bonchev–Trinajstić information content (AvgIpc) is 2.83. The van der Waals surface area contributed by atoms with Crippen molar-refractivity contribution in [3.8, 4) is 0 Å². The van der Waals surface area contributed by atoms with Gasteiger partial charge < -0.3 is 0 Å². The van der Waals surface area contributed by atoms with Crippen molar-refractivity contribution in [2.24, 2.45) is 17.8 Å². The summed E-state index contributed by atoms with van der Waals surface area (Å²) in [5.41, 5.74) is 3.26. The quantitative estimate of drug-likeness (QED) is 0.293. The molecule has 1 aromatic carbocycles. The van der Waals surface area contributed by atoms with Gasteiger partial charge in [-0.15, -0.1) is 0 Å². The van der Waals surface area contributed by atoms with E-state index in [-0.39, 0.29) is 0 Å². The Kier molecular flexibility index (Phi) is 11.0. The standard InChI is InChI=1S/C31H52/c1-4-7-9-11-26-12-16-28(17-13-26)30-20-22-31(23-21-30)29-18-14-27(15-19-29)24-25(6-3)10-8-5-2/h20-23,25-29H,4-19,24H2,1-3H3/t25?,26-,27-,28-,29-. The van der Waals surface area contributed by atoms with Crippen LogP contribution in [-0.4, -0.2) is 0 Å². The van der Waals surface area contributed by atoms with Crippen LogP contribution in [0.4, 0.5) is 0 Å². The van der Waals surface area contributed by atoms with Crippen LogP contribution in [0.5, 0.6) is 0 Å². The van der Waals surface area contributed by atoms with Gasteiger partial charge in [0, 0.05) is 0 Å². The van der Waals surface area contributed by atoms with Crippen LogP contribution in [0.1, 0.15) is 153 Å². The molecular formula is C31H52. The first kappa shape index (κ1) is 24.9. The van der Waals surface area contributed by atoms with Gasteiger partial charge in [0.1, 0.15) is 0 Å². The van der Waals surface area contributed by atoms with Gasteiger partial charge in [-0.05, 0) is 98.5 Å². The lowest BCUT2D eigenvalue weighted by Gasteiger charge is -2.32. The molecule has 0 heteroatoms. The third-order valence-electron chi connectivity index (χ3n) is 9.00. The van der Waals surface area contributed by atoms with E-state index in [1.165, 1.54) is 109 Å². The molecule has 0 heterocycles. The summed E-state index contributed by atoms with van der Waals surface area (Å²) in [6.45, 7) is 7.07. The van der Waals surface area contributed by atoms with Crippen molar-refractivity contribution in [2.75, 3.05) is 0 Å². The Labute approximate surface area is 195 Å². The van der Waals surface area contributed by atoms with Crippen molar-refractivity contribution in [1.29, 1.82) is 0 Å². The van der Waals surface area contributed by atoms with Crippen LogP contribution in [0.2, 0.25) is 0 Å². The third-order valence-corrected chi connectivity index (χ3v) is 9.00. The molecule has 2 aliphatic rings. The van der Waals surface area contributed by atoms with Crippen molar-refractivity contribution >= 4 is 0 Å². The van der Waals surface area contributed by atoms with Crippen molar-refractivity contribution in [1.82, 2.24) is 0 Å². The number of rotatable bonds is 12. The fourth-order valence-corrected chi connectivity index (χ4v) is 6.69. The Morgan fingerprint density at radius 1 is 0.645 bits per heavy atom. The highest BCUT2D eigenvalue weighted by Crippen LogP contribution is 2.41. The normalized spacial score (nSPS) is 27.8. The highest BCUT2D eigenvalue weighted by Gasteiger charge is 2.25. The van der Waals surface area contributed by atoms with Crippen molar-refractivity contribution in [3.05, 3.63) is 35.4 Å². The molecular weight excluding hydrogens is 372 g/mol. The SMILES string of the molecule is CCCCC[C@H]1CC[C@H](c2ccc([C@H]3CC[C@H](CC(CC)CCCC)CC3)cc2)CC1. The first-order valence-electron chi connectivity index (χ1n) is 14.3. The van der Waals surface area contributed by atoms with E-state index in [1.807, 2.05) is 0 Å². The van der Waals surface area contributed by atoms with Crippen LogP contribution < -0.4 is 0 Å². The molecule has 0 aromatic heterocycles. The van der Waals surface area contributed by atoms with Gasteiger partial charge >= 0.3 is 0 Å². The van der Waals surface area contributed by atoms with E-state index in [1.54, 1.807) is 11.1 Å². The molecule has 1 unspecified atom stereocenters. The molecule has 2 saturated carbocycles. The van der Waals surface area contributed by atoms with E-state index in [4.69, 9.17) is 0 Å². The lowest BCUT2D eigenvalue weighted by atomic mass is 9.74. The van der Waals surface area contributed by atoms with E-state index >= 15 is 0 Å². The summed E-state index contributed by atoms with van der Waals surface area (Å²) in [7, 11) is 0. The van der Waals surface area contributed by atoms with Gasteiger partial charge in [-0.3, -0.25) is 0 Å². The number of benzene rings is 1. The van der Waals surface area contributed by atoms with E-state index in [0.717, 1.165) is 29.6 Å². The van der Waals surface area contributed by atoms with Crippen LogP contribution in [-0.2, 0) is 0 Å². The van der Waals surface area contributed by atoms with Gasteiger partial charge in [-0.25, -0.2) is 0 Å². The lowest BCUT2D eigenvalue weighted by molar-refractivity contribution is 0.255. The van der Waals surface area contributed by atoms with Crippen LogP contribution in [0.15, 0.2) is 24.3 Å². The molecule has 0 N–H and O–H groups in total. The number of hydrogen-bond donors (Lipinski definition) is 0. The minimum absolute atomic E-state index is 0.829. The predicted octanol–water partition coefficient (Wildman–Crippen LogP) is 10.4. The van der Waals surface area contributed by atoms with Crippen molar-refractivity contribution < 1.29 is 0 Å². The molecule has 1 atom stereocenters. The number of hydrogen-bond acceptors (Lipinski definition) is 0. The van der Waals surface area contributed by atoms with Gasteiger partial charge in [-0.2, -0.15) is 0 Å². The summed E-state index contributed by atoms with van der Waals surface area (Å²) in [4.78, 5) is 0.